The number of hydrogen-bond donors (Lipinski definition) is 2. The lowest BCUT2D eigenvalue weighted by atomic mass is 9.87. The average molecular weight is 332 g/mol. The van der Waals surface area contributed by atoms with E-state index in [1.165, 1.54) is 19.3 Å². The molecule has 5 nitrogen and oxygen atoms in total. The summed E-state index contributed by atoms with van der Waals surface area (Å²) in [6, 6.07) is 7.30. The summed E-state index contributed by atoms with van der Waals surface area (Å²) >= 11 is 0. The second-order valence-corrected chi connectivity index (χ2v) is 8.05. The molecule has 1 aromatic heterocycles. The molecule has 1 aliphatic carbocycles. The Morgan fingerprint density at radius 1 is 1.04 bits per heavy atom. The van der Waals surface area contributed by atoms with Crippen LogP contribution in [0.15, 0.2) is 46.1 Å². The van der Waals surface area contributed by atoms with Crippen LogP contribution < -0.4 is 10.0 Å². The van der Waals surface area contributed by atoms with Gasteiger partial charge in [-0.05, 0) is 42.5 Å². The lowest BCUT2D eigenvalue weighted by molar-refractivity contribution is 0.306. The zero-order valence-corrected chi connectivity index (χ0v) is 13.6. The predicted molar refractivity (Wildman–Crippen MR) is 88.5 cm³/mol. The van der Waals surface area contributed by atoms with Crippen molar-refractivity contribution in [2.24, 2.45) is 5.92 Å². The molecule has 122 valence electrons. The fourth-order valence-electron chi connectivity index (χ4n) is 3.58. The Labute approximate surface area is 136 Å². The molecule has 0 bridgehead atoms. The standard InChI is InChI=1S/C17H20N2O3S/c20-23(21)16-10-13(14-8-9-22-11-14)6-7-15(16)18-17(19-23)12-4-2-1-3-5-12/h6-12,17-19H,1-5H2. The smallest absolute Gasteiger partial charge is 0.244 e. The van der Waals surface area contributed by atoms with E-state index in [0.717, 1.165) is 24.0 Å². The minimum Gasteiger partial charge on any atom is -0.472 e. The number of anilines is 1. The number of benzene rings is 1. The van der Waals surface area contributed by atoms with Gasteiger partial charge in [-0.15, -0.1) is 0 Å². The Balaban J connectivity index is 1.68. The first-order chi connectivity index (χ1) is 11.1. The van der Waals surface area contributed by atoms with Crippen LogP contribution in [0.4, 0.5) is 5.69 Å². The van der Waals surface area contributed by atoms with Gasteiger partial charge in [0.1, 0.15) is 4.90 Å². The van der Waals surface area contributed by atoms with Crippen LogP contribution in [-0.2, 0) is 10.0 Å². The predicted octanol–water partition coefficient (Wildman–Crippen LogP) is 3.56. The number of hydrogen-bond acceptors (Lipinski definition) is 4. The minimum atomic E-state index is -3.50. The van der Waals surface area contributed by atoms with Crippen LogP contribution in [0.2, 0.25) is 0 Å². The first-order valence-electron chi connectivity index (χ1n) is 8.09. The van der Waals surface area contributed by atoms with E-state index < -0.39 is 10.0 Å². The molecule has 0 saturated heterocycles. The molecule has 2 aliphatic rings. The van der Waals surface area contributed by atoms with Crippen LogP contribution in [0.25, 0.3) is 11.1 Å². The highest BCUT2D eigenvalue weighted by molar-refractivity contribution is 7.89. The number of furan rings is 1. The van der Waals surface area contributed by atoms with Gasteiger partial charge < -0.3 is 9.73 Å². The molecule has 6 heteroatoms. The van der Waals surface area contributed by atoms with E-state index in [9.17, 15) is 8.42 Å². The maximum atomic E-state index is 12.7. The van der Waals surface area contributed by atoms with Gasteiger partial charge >= 0.3 is 0 Å². The Bertz CT molecular complexity index is 793. The first kappa shape index (κ1) is 14.8. The van der Waals surface area contributed by atoms with Crippen molar-refractivity contribution in [1.82, 2.24) is 4.72 Å². The van der Waals surface area contributed by atoms with Crippen LogP contribution >= 0.6 is 0 Å². The fraction of sp³-hybridized carbons (Fsp3) is 0.412. The summed E-state index contributed by atoms with van der Waals surface area (Å²) in [6.07, 6.45) is 8.74. The molecule has 2 N–H and O–H groups in total. The average Bonchev–Trinajstić information content (AvgIpc) is 3.09. The van der Waals surface area contributed by atoms with E-state index in [0.29, 0.717) is 16.5 Å². The summed E-state index contributed by atoms with van der Waals surface area (Å²) in [7, 11) is -3.50. The van der Waals surface area contributed by atoms with Crippen LogP contribution in [-0.4, -0.2) is 14.6 Å². The van der Waals surface area contributed by atoms with E-state index >= 15 is 0 Å². The van der Waals surface area contributed by atoms with E-state index in [2.05, 4.69) is 10.0 Å². The van der Waals surface area contributed by atoms with E-state index in [1.54, 1.807) is 18.6 Å². The van der Waals surface area contributed by atoms with E-state index in [4.69, 9.17) is 4.42 Å². The summed E-state index contributed by atoms with van der Waals surface area (Å²) in [5, 5.41) is 3.38. The summed E-state index contributed by atoms with van der Waals surface area (Å²) in [5.74, 6) is 0.361. The molecule has 1 unspecified atom stereocenters. The number of fused-ring (bicyclic) bond motifs is 1. The van der Waals surface area contributed by atoms with Crippen LogP contribution in [0.3, 0.4) is 0 Å². The van der Waals surface area contributed by atoms with Gasteiger partial charge in [0, 0.05) is 5.56 Å². The topological polar surface area (TPSA) is 71.3 Å². The summed E-state index contributed by atoms with van der Waals surface area (Å²) in [6.45, 7) is 0. The second kappa shape index (κ2) is 5.69. The molecule has 1 fully saturated rings. The van der Waals surface area contributed by atoms with Gasteiger partial charge in [0.15, 0.2) is 0 Å². The Kier molecular flexibility index (Phi) is 3.66. The number of sulfonamides is 1. The third-order valence-electron chi connectivity index (χ3n) is 4.84. The van der Waals surface area contributed by atoms with Crippen LogP contribution in [0.1, 0.15) is 32.1 Å². The van der Waals surface area contributed by atoms with Crippen molar-refractivity contribution in [3.63, 3.8) is 0 Å². The fourth-order valence-corrected chi connectivity index (χ4v) is 4.99. The van der Waals surface area contributed by atoms with Crippen molar-refractivity contribution >= 4 is 15.7 Å². The number of rotatable bonds is 2. The van der Waals surface area contributed by atoms with Crippen molar-refractivity contribution in [3.8, 4) is 11.1 Å². The monoisotopic (exact) mass is 332 g/mol. The highest BCUT2D eigenvalue weighted by Gasteiger charge is 2.34. The Hall–Kier alpha value is -1.79. The highest BCUT2D eigenvalue weighted by atomic mass is 32.2. The van der Waals surface area contributed by atoms with Crippen molar-refractivity contribution < 1.29 is 12.8 Å². The molecule has 1 saturated carbocycles. The largest absolute Gasteiger partial charge is 0.472 e. The molecule has 4 rings (SSSR count). The zero-order chi connectivity index (χ0) is 15.9. The van der Waals surface area contributed by atoms with Crippen molar-refractivity contribution in [2.45, 2.75) is 43.2 Å². The quantitative estimate of drug-likeness (QED) is 0.882. The van der Waals surface area contributed by atoms with Gasteiger partial charge in [0.25, 0.3) is 0 Å². The molecule has 1 aromatic carbocycles. The SMILES string of the molecule is O=S1(=O)NC(C2CCCCC2)Nc2ccc(-c3ccoc3)cc21. The molecule has 2 aromatic rings. The van der Waals surface area contributed by atoms with Gasteiger partial charge in [-0.1, -0.05) is 25.3 Å². The second-order valence-electron chi connectivity index (χ2n) is 6.36. The maximum absolute atomic E-state index is 12.7. The van der Waals surface area contributed by atoms with Crippen molar-refractivity contribution in [1.29, 1.82) is 0 Å². The molecule has 1 atom stereocenters. The third-order valence-corrected chi connectivity index (χ3v) is 6.32. The third kappa shape index (κ3) is 2.77. The Morgan fingerprint density at radius 3 is 2.61 bits per heavy atom. The normalized spacial score (nSPS) is 23.9. The van der Waals surface area contributed by atoms with Gasteiger partial charge in [-0.2, -0.15) is 4.72 Å². The maximum Gasteiger partial charge on any atom is 0.244 e. The molecule has 0 amide bonds. The molecule has 0 spiro atoms. The molecule has 1 aliphatic heterocycles. The van der Waals surface area contributed by atoms with Gasteiger partial charge in [-0.25, -0.2) is 8.42 Å². The van der Waals surface area contributed by atoms with Crippen LogP contribution in [0.5, 0.6) is 0 Å². The molecule has 2 heterocycles. The van der Waals surface area contributed by atoms with Gasteiger partial charge in [0.2, 0.25) is 10.0 Å². The van der Waals surface area contributed by atoms with Gasteiger partial charge in [-0.3, -0.25) is 0 Å². The van der Waals surface area contributed by atoms with Gasteiger partial charge in [0.05, 0.1) is 24.4 Å². The van der Waals surface area contributed by atoms with Crippen molar-refractivity contribution in [2.75, 3.05) is 5.32 Å². The molecular weight excluding hydrogens is 312 g/mol. The summed E-state index contributed by atoms with van der Waals surface area (Å²) < 4.78 is 33.3. The Morgan fingerprint density at radius 2 is 1.87 bits per heavy atom. The summed E-state index contributed by atoms with van der Waals surface area (Å²) in [5.41, 5.74) is 2.39. The molecule has 0 radical (unpaired) electrons. The minimum absolute atomic E-state index is 0.201. The molecule has 23 heavy (non-hydrogen) atoms. The van der Waals surface area contributed by atoms with E-state index in [1.807, 2.05) is 18.2 Å². The lowest BCUT2D eigenvalue weighted by Gasteiger charge is -2.35. The van der Waals surface area contributed by atoms with Crippen LogP contribution in [0, 0.1) is 5.92 Å². The zero-order valence-electron chi connectivity index (χ0n) is 12.8. The summed E-state index contributed by atoms with van der Waals surface area (Å²) in [4.78, 5) is 0.309. The van der Waals surface area contributed by atoms with E-state index in [-0.39, 0.29) is 6.17 Å². The highest BCUT2D eigenvalue weighted by Crippen LogP contribution is 2.35. The molecular formula is C17H20N2O3S. The lowest BCUT2D eigenvalue weighted by Crippen LogP contribution is -2.49. The van der Waals surface area contributed by atoms with Crippen molar-refractivity contribution in [3.05, 3.63) is 36.8 Å². The first-order valence-corrected chi connectivity index (χ1v) is 9.57. The number of nitrogens with one attached hydrogen (secondary N) is 2.